The minimum absolute atomic E-state index is 0.0434. The van der Waals surface area contributed by atoms with Crippen LogP contribution in [0.2, 0.25) is 0 Å². The van der Waals surface area contributed by atoms with Crippen LogP contribution in [-0.4, -0.2) is 39.3 Å². The summed E-state index contributed by atoms with van der Waals surface area (Å²) in [5, 5.41) is 5.90. The number of amides is 1. The maximum atomic E-state index is 11.4. The number of nitrogens with one attached hydrogen (secondary N) is 2. The molecule has 0 aliphatic rings. The molecule has 0 aliphatic carbocycles. The second kappa shape index (κ2) is 9.93. The van der Waals surface area contributed by atoms with Crippen LogP contribution in [0.1, 0.15) is 26.7 Å². The zero-order valence-corrected chi connectivity index (χ0v) is 10.1. The standard InChI is InChI=1S/C11H24N2O2/c1-4-15-8-6-5-7-13-11(14)10(2)9-12-3/h10,12H,4-9H2,1-3H3,(H,13,14). The number of carbonyl (C=O) groups is 1. The molecule has 0 aromatic heterocycles. The van der Waals surface area contributed by atoms with Crippen molar-refractivity contribution in [1.82, 2.24) is 10.6 Å². The molecular weight excluding hydrogens is 192 g/mol. The van der Waals surface area contributed by atoms with Gasteiger partial charge in [-0.3, -0.25) is 4.79 Å². The minimum atomic E-state index is 0.0434. The molecule has 0 bridgehead atoms. The second-order valence-electron chi connectivity index (χ2n) is 3.65. The number of rotatable bonds is 9. The van der Waals surface area contributed by atoms with Gasteiger partial charge in [0.25, 0.3) is 0 Å². The van der Waals surface area contributed by atoms with E-state index in [9.17, 15) is 4.79 Å². The Morgan fingerprint density at radius 1 is 1.40 bits per heavy atom. The van der Waals surface area contributed by atoms with Gasteiger partial charge in [-0.25, -0.2) is 0 Å². The molecule has 4 heteroatoms. The lowest BCUT2D eigenvalue weighted by Gasteiger charge is -2.11. The molecule has 0 fully saturated rings. The Morgan fingerprint density at radius 2 is 2.13 bits per heavy atom. The van der Waals surface area contributed by atoms with Gasteiger partial charge in [0.2, 0.25) is 5.91 Å². The summed E-state index contributed by atoms with van der Waals surface area (Å²) >= 11 is 0. The van der Waals surface area contributed by atoms with E-state index >= 15 is 0 Å². The highest BCUT2D eigenvalue weighted by molar-refractivity contribution is 5.78. The van der Waals surface area contributed by atoms with Crippen molar-refractivity contribution in [1.29, 1.82) is 0 Å². The quantitative estimate of drug-likeness (QED) is 0.560. The zero-order chi connectivity index (χ0) is 11.5. The van der Waals surface area contributed by atoms with Gasteiger partial charge in [0, 0.05) is 32.2 Å². The van der Waals surface area contributed by atoms with Crippen molar-refractivity contribution in [3.63, 3.8) is 0 Å². The van der Waals surface area contributed by atoms with E-state index in [0.29, 0.717) is 0 Å². The van der Waals surface area contributed by atoms with Crippen LogP contribution < -0.4 is 10.6 Å². The smallest absolute Gasteiger partial charge is 0.224 e. The van der Waals surface area contributed by atoms with Gasteiger partial charge >= 0.3 is 0 Å². The van der Waals surface area contributed by atoms with Gasteiger partial charge in [0.15, 0.2) is 0 Å². The summed E-state index contributed by atoms with van der Waals surface area (Å²) in [6, 6.07) is 0. The molecule has 0 heterocycles. The molecule has 0 aromatic rings. The molecule has 90 valence electrons. The van der Waals surface area contributed by atoms with E-state index in [2.05, 4.69) is 10.6 Å². The molecule has 0 aliphatic heterocycles. The molecule has 1 atom stereocenters. The van der Waals surface area contributed by atoms with Crippen molar-refractivity contribution < 1.29 is 9.53 Å². The molecule has 0 aromatic carbocycles. The summed E-state index contributed by atoms with van der Waals surface area (Å²) in [4.78, 5) is 11.4. The fourth-order valence-corrected chi connectivity index (χ4v) is 1.26. The molecule has 0 saturated carbocycles. The molecule has 1 unspecified atom stereocenters. The van der Waals surface area contributed by atoms with E-state index in [1.54, 1.807) is 0 Å². The van der Waals surface area contributed by atoms with Gasteiger partial charge in [-0.1, -0.05) is 6.92 Å². The topological polar surface area (TPSA) is 50.4 Å². The highest BCUT2D eigenvalue weighted by atomic mass is 16.5. The van der Waals surface area contributed by atoms with Gasteiger partial charge in [-0.2, -0.15) is 0 Å². The summed E-state index contributed by atoms with van der Waals surface area (Å²) in [7, 11) is 1.85. The third-order valence-corrected chi connectivity index (χ3v) is 2.18. The third kappa shape index (κ3) is 8.39. The van der Waals surface area contributed by atoms with Gasteiger partial charge in [-0.15, -0.1) is 0 Å². The fraction of sp³-hybridized carbons (Fsp3) is 0.909. The Bertz CT molecular complexity index is 163. The van der Waals surface area contributed by atoms with Gasteiger partial charge in [0.05, 0.1) is 0 Å². The van der Waals surface area contributed by atoms with Crippen LogP contribution in [0.15, 0.2) is 0 Å². The first-order valence-corrected chi connectivity index (χ1v) is 5.72. The van der Waals surface area contributed by atoms with Crippen LogP contribution in [0.25, 0.3) is 0 Å². The van der Waals surface area contributed by atoms with Crippen LogP contribution in [-0.2, 0) is 9.53 Å². The number of unbranched alkanes of at least 4 members (excludes halogenated alkanes) is 1. The van der Waals surface area contributed by atoms with Crippen molar-refractivity contribution in [2.75, 3.05) is 33.4 Å². The molecule has 4 nitrogen and oxygen atoms in total. The van der Waals surface area contributed by atoms with Crippen LogP contribution in [0.4, 0.5) is 0 Å². The first kappa shape index (κ1) is 14.4. The normalized spacial score (nSPS) is 12.5. The Balaban J connectivity index is 3.30. The molecule has 1 amide bonds. The molecule has 0 rings (SSSR count). The summed E-state index contributed by atoms with van der Waals surface area (Å²) in [6.07, 6.45) is 1.99. The molecule has 15 heavy (non-hydrogen) atoms. The van der Waals surface area contributed by atoms with Crippen molar-refractivity contribution in [3.8, 4) is 0 Å². The maximum Gasteiger partial charge on any atom is 0.224 e. The van der Waals surface area contributed by atoms with Gasteiger partial charge in [0.1, 0.15) is 0 Å². The lowest BCUT2D eigenvalue weighted by molar-refractivity contribution is -0.124. The Morgan fingerprint density at radius 3 is 2.73 bits per heavy atom. The van der Waals surface area contributed by atoms with Crippen LogP contribution >= 0.6 is 0 Å². The van der Waals surface area contributed by atoms with E-state index in [1.165, 1.54) is 0 Å². The van der Waals surface area contributed by atoms with Crippen molar-refractivity contribution in [2.45, 2.75) is 26.7 Å². The predicted molar refractivity (Wildman–Crippen MR) is 61.8 cm³/mol. The third-order valence-electron chi connectivity index (χ3n) is 2.18. The fourth-order valence-electron chi connectivity index (χ4n) is 1.26. The average Bonchev–Trinajstić information content (AvgIpc) is 2.23. The van der Waals surface area contributed by atoms with E-state index in [1.807, 2.05) is 20.9 Å². The molecule has 0 saturated heterocycles. The largest absolute Gasteiger partial charge is 0.382 e. The molecule has 0 radical (unpaired) electrons. The molecular formula is C11H24N2O2. The summed E-state index contributed by atoms with van der Waals surface area (Å²) in [6.45, 7) is 6.95. The van der Waals surface area contributed by atoms with Crippen molar-refractivity contribution >= 4 is 5.91 Å². The Kier molecular flexibility index (Phi) is 9.52. The number of ether oxygens (including phenoxy) is 1. The first-order chi connectivity index (χ1) is 7.22. The molecule has 2 N–H and O–H groups in total. The van der Waals surface area contributed by atoms with Gasteiger partial charge in [-0.05, 0) is 26.8 Å². The lowest BCUT2D eigenvalue weighted by Crippen LogP contribution is -2.34. The monoisotopic (exact) mass is 216 g/mol. The van der Waals surface area contributed by atoms with Crippen LogP contribution in [0.5, 0.6) is 0 Å². The highest BCUT2D eigenvalue weighted by Crippen LogP contribution is 1.93. The minimum Gasteiger partial charge on any atom is -0.382 e. The zero-order valence-electron chi connectivity index (χ0n) is 10.1. The van der Waals surface area contributed by atoms with E-state index < -0.39 is 0 Å². The predicted octanol–water partition coefficient (Wildman–Crippen LogP) is 0.775. The van der Waals surface area contributed by atoms with Crippen LogP contribution in [0, 0.1) is 5.92 Å². The Labute approximate surface area is 92.8 Å². The summed E-state index contributed by atoms with van der Waals surface area (Å²) in [5.41, 5.74) is 0. The van der Waals surface area contributed by atoms with E-state index in [-0.39, 0.29) is 11.8 Å². The summed E-state index contributed by atoms with van der Waals surface area (Å²) in [5.74, 6) is 0.169. The maximum absolute atomic E-state index is 11.4. The van der Waals surface area contributed by atoms with E-state index in [0.717, 1.165) is 39.1 Å². The number of hydrogen-bond acceptors (Lipinski definition) is 3. The summed E-state index contributed by atoms with van der Waals surface area (Å²) < 4.78 is 5.20. The lowest BCUT2D eigenvalue weighted by atomic mass is 10.1. The number of carbonyl (C=O) groups excluding carboxylic acids is 1. The van der Waals surface area contributed by atoms with Crippen molar-refractivity contribution in [2.24, 2.45) is 5.92 Å². The average molecular weight is 216 g/mol. The van der Waals surface area contributed by atoms with Crippen molar-refractivity contribution in [3.05, 3.63) is 0 Å². The van der Waals surface area contributed by atoms with Crippen LogP contribution in [0.3, 0.4) is 0 Å². The second-order valence-corrected chi connectivity index (χ2v) is 3.65. The highest BCUT2D eigenvalue weighted by Gasteiger charge is 2.09. The Hall–Kier alpha value is -0.610. The van der Waals surface area contributed by atoms with E-state index in [4.69, 9.17) is 4.74 Å². The SMILES string of the molecule is CCOCCCCNC(=O)C(C)CNC. The molecule has 0 spiro atoms. The first-order valence-electron chi connectivity index (χ1n) is 5.72. The van der Waals surface area contributed by atoms with Gasteiger partial charge < -0.3 is 15.4 Å². The number of hydrogen-bond donors (Lipinski definition) is 2.